The fourth-order valence-corrected chi connectivity index (χ4v) is 3.35. The first-order valence-corrected chi connectivity index (χ1v) is 10.4. The molecule has 2 aromatic carbocycles. The third-order valence-corrected chi connectivity index (χ3v) is 4.70. The van der Waals surface area contributed by atoms with E-state index in [0.717, 1.165) is 11.8 Å². The molecule has 29 heavy (non-hydrogen) atoms. The van der Waals surface area contributed by atoms with Crippen LogP contribution in [0.5, 0.6) is 0 Å². The zero-order chi connectivity index (χ0) is 20.7. The van der Waals surface area contributed by atoms with Crippen molar-refractivity contribution in [1.29, 1.82) is 0 Å². The number of non-ortho nitro benzene ring substituents is 1. The largest absolute Gasteiger partial charge is 0.352 e. The van der Waals surface area contributed by atoms with E-state index < -0.39 is 20.6 Å². The van der Waals surface area contributed by atoms with Gasteiger partial charge in [0.05, 0.1) is 10.7 Å². The number of guanidine groups is 1. The summed E-state index contributed by atoms with van der Waals surface area (Å²) in [4.78, 5) is 14.3. The van der Waals surface area contributed by atoms with Crippen molar-refractivity contribution in [3.8, 4) is 0 Å². The van der Waals surface area contributed by atoms with Crippen LogP contribution in [-0.4, -0.2) is 32.6 Å². The van der Waals surface area contributed by atoms with E-state index in [4.69, 9.17) is 0 Å². The standard InChI is InChI=1S/C18H21FN4O4S.HI/c1-20-18(21-10-13-3-7-17(8-4-13)23(24)25)22-11-15-9-16(19)6-5-14(15)12-28(2,26)27;/h3-9H,10-12H2,1-2H3,(H2,20,21,22);1H. The van der Waals surface area contributed by atoms with E-state index in [-0.39, 0.29) is 42.0 Å². The first kappa shape index (κ1) is 24.8. The molecule has 0 saturated heterocycles. The predicted molar refractivity (Wildman–Crippen MR) is 120 cm³/mol. The highest BCUT2D eigenvalue weighted by molar-refractivity contribution is 14.0. The summed E-state index contributed by atoms with van der Waals surface area (Å²) < 4.78 is 36.7. The van der Waals surface area contributed by atoms with Crippen molar-refractivity contribution >= 4 is 45.5 Å². The Morgan fingerprint density at radius 1 is 1.10 bits per heavy atom. The van der Waals surface area contributed by atoms with Gasteiger partial charge >= 0.3 is 0 Å². The lowest BCUT2D eigenvalue weighted by Gasteiger charge is -2.14. The van der Waals surface area contributed by atoms with Gasteiger partial charge in [0.2, 0.25) is 0 Å². The Morgan fingerprint density at radius 2 is 1.72 bits per heavy atom. The Morgan fingerprint density at radius 3 is 2.28 bits per heavy atom. The van der Waals surface area contributed by atoms with E-state index in [1.54, 1.807) is 19.2 Å². The minimum atomic E-state index is -3.26. The van der Waals surface area contributed by atoms with Gasteiger partial charge in [-0.2, -0.15) is 0 Å². The predicted octanol–water partition coefficient (Wildman–Crippen LogP) is 2.76. The van der Waals surface area contributed by atoms with E-state index in [1.165, 1.54) is 30.3 Å². The van der Waals surface area contributed by atoms with Gasteiger partial charge in [0, 0.05) is 38.5 Å². The molecular weight excluding hydrogens is 514 g/mol. The fraction of sp³-hybridized carbons (Fsp3) is 0.278. The van der Waals surface area contributed by atoms with Crippen molar-refractivity contribution in [2.45, 2.75) is 18.8 Å². The molecule has 0 heterocycles. The van der Waals surface area contributed by atoms with Crippen molar-refractivity contribution in [2.75, 3.05) is 13.3 Å². The van der Waals surface area contributed by atoms with E-state index in [1.807, 2.05) is 0 Å². The summed E-state index contributed by atoms with van der Waals surface area (Å²) in [5.41, 5.74) is 1.86. The topological polar surface area (TPSA) is 114 Å². The highest BCUT2D eigenvalue weighted by Crippen LogP contribution is 2.15. The molecule has 2 rings (SSSR count). The van der Waals surface area contributed by atoms with E-state index >= 15 is 0 Å². The van der Waals surface area contributed by atoms with E-state index in [2.05, 4.69) is 15.6 Å². The first-order chi connectivity index (χ1) is 13.2. The molecule has 0 aromatic heterocycles. The van der Waals surface area contributed by atoms with Gasteiger partial charge < -0.3 is 10.6 Å². The molecule has 11 heteroatoms. The molecule has 0 fully saturated rings. The van der Waals surface area contributed by atoms with E-state index in [0.29, 0.717) is 23.6 Å². The molecule has 0 bridgehead atoms. The molecule has 2 N–H and O–H groups in total. The van der Waals surface area contributed by atoms with Gasteiger partial charge in [-0.25, -0.2) is 12.8 Å². The molecule has 0 aliphatic heterocycles. The van der Waals surface area contributed by atoms with Crippen molar-refractivity contribution < 1.29 is 17.7 Å². The second-order valence-electron chi connectivity index (χ2n) is 6.19. The number of halogens is 2. The van der Waals surface area contributed by atoms with Crippen LogP contribution in [0.25, 0.3) is 0 Å². The molecule has 158 valence electrons. The number of benzene rings is 2. The molecule has 2 aromatic rings. The molecule has 8 nitrogen and oxygen atoms in total. The smallest absolute Gasteiger partial charge is 0.269 e. The van der Waals surface area contributed by atoms with Crippen LogP contribution in [0, 0.1) is 15.9 Å². The quantitative estimate of drug-likeness (QED) is 0.185. The van der Waals surface area contributed by atoms with Crippen LogP contribution < -0.4 is 10.6 Å². The summed E-state index contributed by atoms with van der Waals surface area (Å²) in [6.45, 7) is 0.555. The van der Waals surface area contributed by atoms with Crippen molar-refractivity contribution in [1.82, 2.24) is 10.6 Å². The van der Waals surface area contributed by atoms with Crippen molar-refractivity contribution in [3.63, 3.8) is 0 Å². The first-order valence-electron chi connectivity index (χ1n) is 8.31. The second kappa shape index (κ2) is 11.0. The minimum absolute atomic E-state index is 0. The lowest BCUT2D eigenvalue weighted by atomic mass is 10.1. The average Bonchev–Trinajstić information content (AvgIpc) is 2.63. The van der Waals surface area contributed by atoms with Crippen LogP contribution in [0.3, 0.4) is 0 Å². The number of nitro groups is 1. The summed E-state index contributed by atoms with van der Waals surface area (Å²) in [5.74, 6) is -0.213. The van der Waals surface area contributed by atoms with Crippen LogP contribution in [0.2, 0.25) is 0 Å². The summed E-state index contributed by atoms with van der Waals surface area (Å²) in [6.07, 6.45) is 1.12. The molecule has 0 aliphatic rings. The van der Waals surface area contributed by atoms with Gasteiger partial charge in [-0.1, -0.05) is 18.2 Å². The number of aliphatic imine (C=N–C) groups is 1. The van der Waals surface area contributed by atoms with Crippen LogP contribution >= 0.6 is 24.0 Å². The monoisotopic (exact) mass is 536 g/mol. The zero-order valence-corrected chi connectivity index (χ0v) is 19.0. The Hall–Kier alpha value is -2.28. The Balaban J connectivity index is 0.00000420. The van der Waals surface area contributed by atoms with Crippen LogP contribution in [-0.2, 0) is 28.7 Å². The third-order valence-electron chi connectivity index (χ3n) is 3.86. The van der Waals surface area contributed by atoms with Crippen molar-refractivity contribution in [2.24, 2.45) is 4.99 Å². The van der Waals surface area contributed by atoms with Crippen molar-refractivity contribution in [3.05, 3.63) is 75.1 Å². The van der Waals surface area contributed by atoms with Crippen LogP contribution in [0.1, 0.15) is 16.7 Å². The number of nitrogens with zero attached hydrogens (tertiary/aromatic N) is 2. The van der Waals surface area contributed by atoms with Gasteiger partial charge in [0.1, 0.15) is 5.82 Å². The summed E-state index contributed by atoms with van der Waals surface area (Å²) in [6, 6.07) is 10.1. The molecule has 0 spiro atoms. The number of hydrogen-bond acceptors (Lipinski definition) is 5. The maximum Gasteiger partial charge on any atom is 0.269 e. The number of rotatable bonds is 7. The third kappa shape index (κ3) is 8.31. The Bertz CT molecular complexity index is 982. The normalized spacial score (nSPS) is 11.5. The van der Waals surface area contributed by atoms with Gasteiger partial charge in [0.15, 0.2) is 15.8 Å². The second-order valence-corrected chi connectivity index (χ2v) is 8.33. The van der Waals surface area contributed by atoms with E-state index in [9.17, 15) is 22.9 Å². The minimum Gasteiger partial charge on any atom is -0.352 e. The summed E-state index contributed by atoms with van der Waals surface area (Å²) >= 11 is 0. The number of hydrogen-bond donors (Lipinski definition) is 2. The van der Waals surface area contributed by atoms with Gasteiger partial charge in [-0.3, -0.25) is 15.1 Å². The molecular formula is C18H22FIN4O4S. The molecule has 0 saturated carbocycles. The Kier molecular flexibility index (Phi) is 9.43. The average molecular weight is 536 g/mol. The summed E-state index contributed by atoms with van der Waals surface area (Å²) in [5, 5.41) is 16.7. The Labute approximate surface area is 185 Å². The SMILES string of the molecule is CN=C(NCc1ccc([N+](=O)[O-])cc1)NCc1cc(F)ccc1CS(C)(=O)=O.I. The number of nitrogens with one attached hydrogen (secondary N) is 2. The maximum absolute atomic E-state index is 13.6. The highest BCUT2D eigenvalue weighted by Gasteiger charge is 2.11. The maximum atomic E-state index is 13.6. The molecule has 0 radical (unpaired) electrons. The summed E-state index contributed by atoms with van der Waals surface area (Å²) in [7, 11) is -1.69. The molecule has 0 aliphatic carbocycles. The highest BCUT2D eigenvalue weighted by atomic mass is 127. The van der Waals surface area contributed by atoms with Gasteiger partial charge in [0.25, 0.3) is 5.69 Å². The van der Waals surface area contributed by atoms with Gasteiger partial charge in [-0.05, 0) is 28.8 Å². The lowest BCUT2D eigenvalue weighted by Crippen LogP contribution is -2.36. The molecule has 0 amide bonds. The van der Waals surface area contributed by atoms with Crippen LogP contribution in [0.15, 0.2) is 47.5 Å². The molecule has 0 atom stereocenters. The van der Waals surface area contributed by atoms with Gasteiger partial charge in [-0.15, -0.1) is 24.0 Å². The fourth-order valence-electron chi connectivity index (χ4n) is 2.50. The number of sulfone groups is 1. The molecule has 0 unspecified atom stereocenters. The lowest BCUT2D eigenvalue weighted by molar-refractivity contribution is -0.384. The zero-order valence-electron chi connectivity index (χ0n) is 15.9. The number of nitro benzene ring substituents is 1. The van der Waals surface area contributed by atoms with Crippen LogP contribution in [0.4, 0.5) is 10.1 Å².